The summed E-state index contributed by atoms with van der Waals surface area (Å²) in [6.45, 7) is 7.45. The van der Waals surface area contributed by atoms with Crippen LogP contribution in [0.3, 0.4) is 0 Å². The zero-order chi connectivity index (χ0) is 29.2. The number of amides is 2. The molecule has 1 fully saturated rings. The lowest BCUT2D eigenvalue weighted by molar-refractivity contribution is -0.130. The van der Waals surface area contributed by atoms with Crippen molar-refractivity contribution in [2.24, 2.45) is 5.92 Å². The number of morpholine rings is 1. The van der Waals surface area contributed by atoms with E-state index in [-0.39, 0.29) is 36.5 Å². The molecule has 2 N–H and O–H groups in total. The van der Waals surface area contributed by atoms with Gasteiger partial charge in [0.2, 0.25) is 11.8 Å². The third-order valence-corrected chi connectivity index (χ3v) is 8.48. The first-order chi connectivity index (χ1) is 19.8. The van der Waals surface area contributed by atoms with Crippen molar-refractivity contribution in [3.63, 3.8) is 0 Å². The number of fused-ring (bicyclic) bond motifs is 1. The van der Waals surface area contributed by atoms with E-state index in [9.17, 15) is 14.4 Å². The predicted molar refractivity (Wildman–Crippen MR) is 163 cm³/mol. The largest absolute Gasteiger partial charge is 0.379 e. The van der Waals surface area contributed by atoms with E-state index in [0.717, 1.165) is 33.9 Å². The number of rotatable bonds is 14. The molecule has 0 spiro atoms. The maximum atomic E-state index is 13.7. The molecule has 4 rings (SSSR count). The molecule has 1 aliphatic rings. The molecule has 0 radical (unpaired) electrons. The fraction of sp³-hybridized carbons (Fsp3) is 0.419. The molecule has 8 nitrogen and oxygen atoms in total. The van der Waals surface area contributed by atoms with E-state index in [4.69, 9.17) is 16.3 Å². The van der Waals surface area contributed by atoms with E-state index < -0.39 is 5.92 Å². The number of hydrogen-bond donors (Lipinski definition) is 2. The van der Waals surface area contributed by atoms with Gasteiger partial charge in [-0.2, -0.15) is 0 Å². The van der Waals surface area contributed by atoms with E-state index in [1.165, 1.54) is 11.3 Å². The highest BCUT2D eigenvalue weighted by molar-refractivity contribution is 7.18. The molecule has 41 heavy (non-hydrogen) atoms. The number of carbonyl (C=O) groups is 3. The number of thiazole rings is 1. The van der Waals surface area contributed by atoms with Gasteiger partial charge in [-0.05, 0) is 36.6 Å². The molecule has 1 aromatic heterocycles. The molecule has 0 bridgehead atoms. The van der Waals surface area contributed by atoms with Crippen LogP contribution in [0.4, 0.5) is 0 Å². The summed E-state index contributed by atoms with van der Waals surface area (Å²) < 4.78 is 6.33. The molecule has 2 aromatic carbocycles. The maximum Gasteiger partial charge on any atom is 0.224 e. The molecule has 2 atom stereocenters. The molecular weight excluding hydrogens is 560 g/mol. The molecule has 2 amide bonds. The topological polar surface area (TPSA) is 101 Å². The molecule has 0 unspecified atom stereocenters. The first-order valence-electron chi connectivity index (χ1n) is 13.9. The minimum atomic E-state index is -0.615. The van der Waals surface area contributed by atoms with Crippen molar-refractivity contribution in [3.8, 4) is 0 Å². The first kappa shape index (κ1) is 30.8. The van der Waals surface area contributed by atoms with Crippen LogP contribution in [0.5, 0.6) is 0 Å². The van der Waals surface area contributed by atoms with E-state index in [0.29, 0.717) is 49.6 Å². The van der Waals surface area contributed by atoms with Crippen LogP contribution in [0, 0.1) is 5.92 Å². The van der Waals surface area contributed by atoms with E-state index in [1.807, 2.05) is 42.5 Å². The number of ether oxygens (including phenoxy) is 1. The van der Waals surface area contributed by atoms with Crippen LogP contribution in [0.15, 0.2) is 60.7 Å². The number of nitrogens with zero attached hydrogens (tertiary/aromatic N) is 2. The number of nitrogens with one attached hydrogen (secondary N) is 2. The molecule has 1 aliphatic heterocycles. The smallest absolute Gasteiger partial charge is 0.224 e. The van der Waals surface area contributed by atoms with Crippen LogP contribution in [0.2, 0.25) is 5.02 Å². The van der Waals surface area contributed by atoms with Crippen molar-refractivity contribution in [1.29, 1.82) is 0 Å². The van der Waals surface area contributed by atoms with Gasteiger partial charge >= 0.3 is 0 Å². The van der Waals surface area contributed by atoms with Gasteiger partial charge in [-0.25, -0.2) is 4.98 Å². The molecule has 0 saturated carbocycles. The lowest BCUT2D eigenvalue weighted by Gasteiger charge is -2.27. The second kappa shape index (κ2) is 15.2. The molecule has 0 aliphatic carbocycles. The quantitative estimate of drug-likeness (QED) is 0.271. The monoisotopic (exact) mass is 596 g/mol. The van der Waals surface area contributed by atoms with Crippen LogP contribution < -0.4 is 10.6 Å². The summed E-state index contributed by atoms with van der Waals surface area (Å²) in [6.07, 6.45) is 1.67. The van der Waals surface area contributed by atoms with E-state index >= 15 is 0 Å². The minimum absolute atomic E-state index is 0.00107. The highest BCUT2D eigenvalue weighted by Gasteiger charge is 2.26. The van der Waals surface area contributed by atoms with Crippen molar-refractivity contribution >= 4 is 50.8 Å². The number of halogens is 1. The highest BCUT2D eigenvalue weighted by atomic mass is 35.5. The standard InChI is InChI=1S/C31H37ClN4O4S/c1-21(20-36-12-14-40-15-13-36)27(37)11-9-25(16-22-6-4-3-5-7-22)34-31(39)23(17-29(38)33-2)18-30-35-26-10-8-24(32)19-28(26)41-30/h3-8,10,19,23,25H,1,9,11-18,20H2,2H3,(H,33,38)(H,34,39)/t23-,25+/m0/s1. The average molecular weight is 597 g/mol. The average Bonchev–Trinajstić information content (AvgIpc) is 3.37. The van der Waals surface area contributed by atoms with Gasteiger partial charge in [-0.3, -0.25) is 19.3 Å². The van der Waals surface area contributed by atoms with Gasteiger partial charge in [0.05, 0.1) is 34.4 Å². The Hall–Kier alpha value is -3.11. The van der Waals surface area contributed by atoms with Gasteiger partial charge in [0.1, 0.15) is 0 Å². The minimum Gasteiger partial charge on any atom is -0.379 e. The summed E-state index contributed by atoms with van der Waals surface area (Å²) >= 11 is 7.61. The number of aromatic nitrogens is 1. The number of Topliss-reactive ketones (excluding diaryl/α,β-unsaturated/α-hetero) is 1. The fourth-order valence-electron chi connectivity index (χ4n) is 4.87. The second-order valence-electron chi connectivity index (χ2n) is 10.3. The Morgan fingerprint density at radius 3 is 2.61 bits per heavy atom. The third kappa shape index (κ3) is 9.46. The van der Waals surface area contributed by atoms with Crippen LogP contribution in [0.25, 0.3) is 10.2 Å². The normalized spacial score (nSPS) is 15.3. The van der Waals surface area contributed by atoms with Crippen LogP contribution in [-0.4, -0.2) is 73.4 Å². The van der Waals surface area contributed by atoms with Crippen molar-refractivity contribution < 1.29 is 19.1 Å². The Bertz CT molecular complexity index is 1360. The van der Waals surface area contributed by atoms with E-state index in [1.54, 1.807) is 13.1 Å². The van der Waals surface area contributed by atoms with Crippen LogP contribution in [0.1, 0.15) is 29.8 Å². The Kier molecular flexibility index (Phi) is 11.4. The molecule has 2 heterocycles. The lowest BCUT2D eigenvalue weighted by atomic mass is 9.95. The summed E-state index contributed by atoms with van der Waals surface area (Å²) in [5, 5.41) is 7.18. The summed E-state index contributed by atoms with van der Waals surface area (Å²) in [4.78, 5) is 45.9. The van der Waals surface area contributed by atoms with Crippen molar-refractivity contribution in [2.75, 3.05) is 39.9 Å². The van der Waals surface area contributed by atoms with Crippen molar-refractivity contribution in [2.45, 2.75) is 38.1 Å². The maximum absolute atomic E-state index is 13.7. The first-order valence-corrected chi connectivity index (χ1v) is 15.1. The predicted octanol–water partition coefficient (Wildman–Crippen LogP) is 4.21. The highest BCUT2D eigenvalue weighted by Crippen LogP contribution is 2.27. The molecule has 3 aromatic rings. The van der Waals surface area contributed by atoms with Gasteiger partial charge in [0.15, 0.2) is 5.78 Å². The third-order valence-electron chi connectivity index (χ3n) is 7.20. The zero-order valence-electron chi connectivity index (χ0n) is 23.4. The Morgan fingerprint density at radius 2 is 1.88 bits per heavy atom. The summed E-state index contributed by atoms with van der Waals surface area (Å²) in [7, 11) is 1.56. The number of hydrogen-bond acceptors (Lipinski definition) is 7. The summed E-state index contributed by atoms with van der Waals surface area (Å²) in [6, 6.07) is 15.1. The van der Waals surface area contributed by atoms with Crippen LogP contribution in [-0.2, 0) is 32.0 Å². The Morgan fingerprint density at radius 1 is 1.12 bits per heavy atom. The number of ketones is 1. The zero-order valence-corrected chi connectivity index (χ0v) is 24.9. The SMILES string of the molecule is C=C(CN1CCOCC1)C(=O)CC[C@H](Cc1ccccc1)NC(=O)[C@@H](CC(=O)NC)Cc1nc2ccc(Cl)cc2s1. The van der Waals surface area contributed by atoms with Crippen LogP contribution >= 0.6 is 22.9 Å². The second-order valence-corrected chi connectivity index (χ2v) is 11.9. The lowest BCUT2D eigenvalue weighted by Crippen LogP contribution is -2.42. The van der Waals surface area contributed by atoms with Gasteiger partial charge in [-0.15, -0.1) is 11.3 Å². The Labute approximate surface area is 250 Å². The van der Waals surface area contributed by atoms with Gasteiger partial charge in [-0.1, -0.05) is 48.5 Å². The number of carbonyl (C=O) groups excluding carboxylic acids is 3. The summed E-state index contributed by atoms with van der Waals surface area (Å²) in [5.74, 6) is -1.06. The Balaban J connectivity index is 1.44. The molecule has 1 saturated heterocycles. The number of benzene rings is 2. The fourth-order valence-corrected chi connectivity index (χ4v) is 6.19. The van der Waals surface area contributed by atoms with Gasteiger partial charge < -0.3 is 15.4 Å². The molecule has 10 heteroatoms. The van der Waals surface area contributed by atoms with Crippen molar-refractivity contribution in [1.82, 2.24) is 20.5 Å². The van der Waals surface area contributed by atoms with Gasteiger partial charge in [0, 0.05) is 62.6 Å². The van der Waals surface area contributed by atoms with Crippen molar-refractivity contribution in [3.05, 3.63) is 76.3 Å². The van der Waals surface area contributed by atoms with E-state index in [2.05, 4.69) is 27.1 Å². The molecule has 218 valence electrons. The van der Waals surface area contributed by atoms with Gasteiger partial charge in [0.25, 0.3) is 0 Å². The molecular formula is C31H37ClN4O4S. The summed E-state index contributed by atoms with van der Waals surface area (Å²) in [5.41, 5.74) is 2.44.